The second-order valence-corrected chi connectivity index (χ2v) is 10.1. The van der Waals surface area contributed by atoms with Gasteiger partial charge in [0.15, 0.2) is 0 Å². The summed E-state index contributed by atoms with van der Waals surface area (Å²) in [5.41, 5.74) is 8.72. The Kier molecular flexibility index (Phi) is 5.70. The van der Waals surface area contributed by atoms with E-state index in [-0.39, 0.29) is 17.8 Å². The maximum atomic E-state index is 11.4. The smallest absolute Gasteiger partial charge is 0.223 e. The molecule has 2 heterocycles. The van der Waals surface area contributed by atoms with Crippen molar-refractivity contribution < 1.29 is 13.2 Å². The quantitative estimate of drug-likeness (QED) is 0.282. The largest absolute Gasteiger partial charge is 0.474 e. The summed E-state index contributed by atoms with van der Waals surface area (Å²) in [6.07, 6.45) is 4.61. The summed E-state index contributed by atoms with van der Waals surface area (Å²) in [5.74, 6) is 0.668. The van der Waals surface area contributed by atoms with Crippen LogP contribution in [0.25, 0.3) is 21.2 Å². The first-order valence-electron chi connectivity index (χ1n) is 9.01. The Hall–Kier alpha value is -2.09. The number of fused-ring (bicyclic) bond motifs is 1. The fourth-order valence-corrected chi connectivity index (χ4v) is 4.65. The molecule has 1 fully saturated rings. The number of hydrogen-bond donors (Lipinski definition) is 0. The number of sulfone groups is 1. The molecule has 0 saturated heterocycles. The van der Waals surface area contributed by atoms with Crippen LogP contribution in [-0.2, 0) is 15.4 Å². The lowest BCUT2D eigenvalue weighted by Gasteiger charge is -2.35. The van der Waals surface area contributed by atoms with E-state index in [0.717, 1.165) is 5.39 Å². The molecule has 0 spiro atoms. The molecule has 28 heavy (non-hydrogen) atoms. The van der Waals surface area contributed by atoms with Gasteiger partial charge in [0.1, 0.15) is 21.1 Å². The predicted molar refractivity (Wildman–Crippen MR) is 108 cm³/mol. The first kappa shape index (κ1) is 20.6. The van der Waals surface area contributed by atoms with Gasteiger partial charge in [-0.25, -0.2) is 18.4 Å². The number of pyridine rings is 2. The minimum absolute atomic E-state index is 0.103. The summed E-state index contributed by atoms with van der Waals surface area (Å²) in [5, 5.41) is 5.77. The Morgan fingerprint density at radius 3 is 2.75 bits per heavy atom. The first-order valence-corrected chi connectivity index (χ1v) is 11.4. The molecule has 0 radical (unpaired) electrons. The number of aromatic nitrogens is 2. The van der Waals surface area contributed by atoms with Gasteiger partial charge in [0.25, 0.3) is 0 Å². The Balaban J connectivity index is 1.94. The molecule has 150 valence electrons. The molecule has 2 aromatic rings. The zero-order chi connectivity index (χ0) is 20.5. The van der Waals surface area contributed by atoms with Crippen molar-refractivity contribution in [2.24, 2.45) is 11.0 Å². The first-order chi connectivity index (χ1) is 13.1. The minimum Gasteiger partial charge on any atom is -0.474 e. The maximum absolute atomic E-state index is 11.4. The van der Waals surface area contributed by atoms with Gasteiger partial charge < -0.3 is 4.74 Å². The molecule has 10 heteroatoms. The summed E-state index contributed by atoms with van der Waals surface area (Å²) in [4.78, 5) is 11.7. The van der Waals surface area contributed by atoms with Crippen LogP contribution >= 0.6 is 11.6 Å². The maximum Gasteiger partial charge on any atom is 0.223 e. The third-order valence-corrected chi connectivity index (χ3v) is 6.45. The third kappa shape index (κ3) is 4.48. The highest BCUT2D eigenvalue weighted by molar-refractivity contribution is 7.90. The van der Waals surface area contributed by atoms with Gasteiger partial charge in [-0.3, -0.25) is 0 Å². The van der Waals surface area contributed by atoms with Crippen molar-refractivity contribution in [3.8, 4) is 5.88 Å². The average molecular weight is 424 g/mol. The standard InChI is InChI=1S/C18H22ClN5O3S/c1-4-18(2,23-24-20)15-7-12-8-16(19)21-9-14(12)17(22-15)27-13-5-11(6-13)10-28(3,25)26/h7-9,11,13H,4-6,10H2,1-3H3/t11?,13?,18-/m1/s1. The SMILES string of the molecule is CC[C@@](C)(N=[N+]=[N-])c1cc2cc(Cl)ncc2c(OC2CC(CS(C)(=O)=O)C2)n1. The van der Waals surface area contributed by atoms with Crippen LogP contribution in [0.1, 0.15) is 38.8 Å². The summed E-state index contributed by atoms with van der Waals surface area (Å²) in [6.45, 7) is 3.74. The van der Waals surface area contributed by atoms with E-state index >= 15 is 0 Å². The fourth-order valence-electron chi connectivity index (χ4n) is 3.35. The van der Waals surface area contributed by atoms with E-state index in [2.05, 4.69) is 20.0 Å². The Labute approximate surface area is 168 Å². The molecule has 0 bridgehead atoms. The zero-order valence-electron chi connectivity index (χ0n) is 16.0. The van der Waals surface area contributed by atoms with Crippen molar-refractivity contribution in [2.45, 2.75) is 44.8 Å². The minimum atomic E-state index is -3.00. The Morgan fingerprint density at radius 1 is 1.43 bits per heavy atom. The lowest BCUT2D eigenvalue weighted by atomic mass is 9.84. The number of hydrogen-bond acceptors (Lipinski definition) is 6. The summed E-state index contributed by atoms with van der Waals surface area (Å²) < 4.78 is 29.0. The molecule has 0 N–H and O–H groups in total. The van der Waals surface area contributed by atoms with Crippen molar-refractivity contribution in [3.05, 3.63) is 39.6 Å². The van der Waals surface area contributed by atoms with Gasteiger partial charge in [0.2, 0.25) is 5.88 Å². The Bertz CT molecular complexity index is 1050. The molecular formula is C18H22ClN5O3S. The van der Waals surface area contributed by atoms with Crippen molar-refractivity contribution >= 4 is 32.2 Å². The summed E-state index contributed by atoms with van der Waals surface area (Å²) in [7, 11) is -3.00. The second kappa shape index (κ2) is 7.73. The van der Waals surface area contributed by atoms with E-state index in [9.17, 15) is 8.42 Å². The van der Waals surface area contributed by atoms with Crippen LogP contribution in [-0.4, -0.2) is 36.5 Å². The van der Waals surface area contributed by atoms with Crippen molar-refractivity contribution in [1.29, 1.82) is 0 Å². The van der Waals surface area contributed by atoms with Crippen molar-refractivity contribution in [1.82, 2.24) is 9.97 Å². The van der Waals surface area contributed by atoms with Crippen LogP contribution in [0.2, 0.25) is 5.15 Å². The van der Waals surface area contributed by atoms with Crippen LogP contribution in [0, 0.1) is 5.92 Å². The average Bonchev–Trinajstić information content (AvgIpc) is 2.58. The second-order valence-electron chi connectivity index (χ2n) is 7.53. The van der Waals surface area contributed by atoms with Gasteiger partial charge in [-0.05, 0) is 55.2 Å². The number of ether oxygens (including phenoxy) is 1. The van der Waals surface area contributed by atoms with Crippen LogP contribution < -0.4 is 4.74 Å². The van der Waals surface area contributed by atoms with E-state index in [0.29, 0.717) is 41.4 Å². The molecule has 1 saturated carbocycles. The molecule has 0 unspecified atom stereocenters. The van der Waals surface area contributed by atoms with E-state index in [1.807, 2.05) is 19.9 Å². The Morgan fingerprint density at radius 2 is 2.14 bits per heavy atom. The topological polar surface area (TPSA) is 118 Å². The molecule has 1 atom stereocenters. The zero-order valence-corrected chi connectivity index (χ0v) is 17.5. The molecular weight excluding hydrogens is 402 g/mol. The molecule has 3 rings (SSSR count). The predicted octanol–water partition coefficient (Wildman–Crippen LogP) is 4.42. The van der Waals surface area contributed by atoms with Crippen molar-refractivity contribution in [2.75, 3.05) is 12.0 Å². The van der Waals surface area contributed by atoms with Gasteiger partial charge in [0, 0.05) is 17.4 Å². The van der Waals surface area contributed by atoms with Crippen LogP contribution in [0.5, 0.6) is 5.88 Å². The summed E-state index contributed by atoms with van der Waals surface area (Å²) >= 11 is 6.05. The molecule has 2 aromatic heterocycles. The molecule has 0 aromatic carbocycles. The highest BCUT2D eigenvalue weighted by Crippen LogP contribution is 2.37. The number of halogens is 1. The van der Waals surface area contributed by atoms with Gasteiger partial charge in [0.05, 0.1) is 22.4 Å². The van der Waals surface area contributed by atoms with Gasteiger partial charge in [-0.15, -0.1) is 0 Å². The molecule has 0 aliphatic heterocycles. The summed E-state index contributed by atoms with van der Waals surface area (Å²) in [6, 6.07) is 3.55. The fraction of sp³-hybridized carbons (Fsp3) is 0.556. The number of nitrogens with zero attached hydrogens (tertiary/aromatic N) is 5. The van der Waals surface area contributed by atoms with Crippen LogP contribution in [0.15, 0.2) is 23.4 Å². The molecule has 1 aliphatic carbocycles. The van der Waals surface area contributed by atoms with Crippen molar-refractivity contribution in [3.63, 3.8) is 0 Å². The van der Waals surface area contributed by atoms with E-state index in [1.54, 1.807) is 12.3 Å². The van der Waals surface area contributed by atoms with Gasteiger partial charge >= 0.3 is 0 Å². The van der Waals surface area contributed by atoms with E-state index in [4.69, 9.17) is 21.9 Å². The highest BCUT2D eigenvalue weighted by atomic mass is 35.5. The third-order valence-electron chi connectivity index (χ3n) is 5.16. The van der Waals surface area contributed by atoms with Gasteiger partial charge in [-0.2, -0.15) is 0 Å². The lowest BCUT2D eigenvalue weighted by molar-refractivity contribution is 0.0721. The lowest BCUT2D eigenvalue weighted by Crippen LogP contribution is -2.37. The van der Waals surface area contributed by atoms with Crippen LogP contribution in [0.4, 0.5) is 0 Å². The normalized spacial score (nSPS) is 21.4. The molecule has 1 aliphatic rings. The van der Waals surface area contributed by atoms with E-state index < -0.39 is 15.4 Å². The molecule has 8 nitrogen and oxygen atoms in total. The number of rotatable bonds is 7. The number of azide groups is 1. The van der Waals surface area contributed by atoms with Gasteiger partial charge in [-0.1, -0.05) is 23.6 Å². The monoisotopic (exact) mass is 423 g/mol. The van der Waals surface area contributed by atoms with E-state index in [1.165, 1.54) is 6.26 Å². The molecule has 0 amide bonds. The van der Waals surface area contributed by atoms with Crippen LogP contribution in [0.3, 0.4) is 0 Å². The highest BCUT2D eigenvalue weighted by Gasteiger charge is 2.34.